The van der Waals surface area contributed by atoms with Crippen LogP contribution in [0, 0.1) is 6.92 Å². The van der Waals surface area contributed by atoms with E-state index in [1.165, 1.54) is 6.08 Å². The third kappa shape index (κ3) is 7.35. The van der Waals surface area contributed by atoms with E-state index < -0.39 is 0 Å². The summed E-state index contributed by atoms with van der Waals surface area (Å²) in [6.07, 6.45) is 6.55. The first-order valence-corrected chi connectivity index (χ1v) is 13.3. The van der Waals surface area contributed by atoms with Gasteiger partial charge < -0.3 is 15.5 Å². The lowest BCUT2D eigenvalue weighted by Crippen LogP contribution is -2.45. The van der Waals surface area contributed by atoms with Crippen LogP contribution >= 0.6 is 15.9 Å². The highest BCUT2D eigenvalue weighted by Gasteiger charge is 2.20. The van der Waals surface area contributed by atoms with Crippen molar-refractivity contribution >= 4 is 45.2 Å². The number of hydrogen-bond donors (Lipinski definition) is 2. The molecule has 192 valence electrons. The number of aromatic nitrogens is 1. The van der Waals surface area contributed by atoms with Crippen molar-refractivity contribution in [2.75, 3.05) is 43.4 Å². The van der Waals surface area contributed by atoms with Gasteiger partial charge in [-0.15, -0.1) is 0 Å². The predicted octanol–water partition coefficient (Wildman–Crippen LogP) is 5.19. The lowest BCUT2D eigenvalue weighted by atomic mass is 10.1. The molecule has 2 N–H and O–H groups in total. The summed E-state index contributed by atoms with van der Waals surface area (Å²) in [5.41, 5.74) is 4.61. The summed E-state index contributed by atoms with van der Waals surface area (Å²) < 4.78 is 0.926. The highest BCUT2D eigenvalue weighted by Crippen LogP contribution is 2.26. The molecule has 0 spiro atoms. The number of aryl methyl sites for hydroxylation is 1. The third-order valence-electron chi connectivity index (χ3n) is 6.52. The molecule has 1 aliphatic heterocycles. The second kappa shape index (κ2) is 12.8. The Morgan fingerprint density at radius 1 is 1.03 bits per heavy atom. The van der Waals surface area contributed by atoms with Crippen molar-refractivity contribution in [1.82, 2.24) is 14.8 Å². The Kier molecular flexibility index (Phi) is 9.22. The van der Waals surface area contributed by atoms with Crippen molar-refractivity contribution in [1.29, 1.82) is 0 Å². The van der Waals surface area contributed by atoms with Crippen LogP contribution in [0.1, 0.15) is 34.0 Å². The molecule has 1 aromatic heterocycles. The number of halogens is 1. The average molecular weight is 563 g/mol. The van der Waals surface area contributed by atoms with Crippen molar-refractivity contribution in [2.45, 2.75) is 20.4 Å². The number of carbonyl (C=O) groups is 2. The lowest BCUT2D eigenvalue weighted by Gasteiger charge is -2.34. The molecule has 1 fully saturated rings. The minimum Gasteiger partial charge on any atom is -0.322 e. The minimum atomic E-state index is -0.257. The molecular weight excluding hydrogens is 530 g/mol. The normalized spacial score (nSPS) is 14.6. The number of anilines is 2. The molecule has 2 heterocycles. The molecule has 1 aliphatic rings. The zero-order chi connectivity index (χ0) is 26.2. The first-order chi connectivity index (χ1) is 17.9. The van der Waals surface area contributed by atoms with Crippen LogP contribution in [-0.4, -0.2) is 59.3 Å². The number of pyridine rings is 1. The van der Waals surface area contributed by atoms with E-state index in [0.717, 1.165) is 53.9 Å². The number of nitrogens with zero attached hydrogens (tertiary/aromatic N) is 3. The summed E-state index contributed by atoms with van der Waals surface area (Å²) in [5, 5.41) is 5.92. The SMILES string of the molecule is CCN1CCN(Cc2c(Br)cccc2C(=O)Nc2ccc(C)c(NC(=O)C=Cc3cccnc3)c2)CC1. The van der Waals surface area contributed by atoms with E-state index in [9.17, 15) is 9.59 Å². The average Bonchev–Trinajstić information content (AvgIpc) is 2.91. The van der Waals surface area contributed by atoms with E-state index in [2.05, 4.69) is 48.3 Å². The van der Waals surface area contributed by atoms with Crippen LogP contribution in [0.15, 0.2) is 71.5 Å². The molecule has 3 aromatic rings. The Morgan fingerprint density at radius 3 is 2.54 bits per heavy atom. The summed E-state index contributed by atoms with van der Waals surface area (Å²) in [6, 6.07) is 14.9. The van der Waals surface area contributed by atoms with Crippen LogP contribution in [0.25, 0.3) is 6.08 Å². The van der Waals surface area contributed by atoms with Crippen LogP contribution in [-0.2, 0) is 11.3 Å². The number of likely N-dealkylation sites (N-methyl/N-ethyl adjacent to an activating group) is 1. The van der Waals surface area contributed by atoms with Gasteiger partial charge in [0.25, 0.3) is 5.91 Å². The van der Waals surface area contributed by atoms with Crippen LogP contribution in [0.5, 0.6) is 0 Å². The number of amides is 2. The van der Waals surface area contributed by atoms with Gasteiger partial charge in [-0.1, -0.05) is 41.1 Å². The highest BCUT2D eigenvalue weighted by atomic mass is 79.9. The lowest BCUT2D eigenvalue weighted by molar-refractivity contribution is -0.111. The smallest absolute Gasteiger partial charge is 0.256 e. The fourth-order valence-corrected chi connectivity index (χ4v) is 4.76. The van der Waals surface area contributed by atoms with E-state index >= 15 is 0 Å². The standard InChI is InChI=1S/C29H32BrN5O2/c1-3-34-14-16-35(17-15-34)20-25-24(7-4-8-26(25)30)29(37)32-23-11-9-21(2)27(18-23)33-28(36)12-10-22-6-5-13-31-19-22/h4-13,18-19H,3,14-17,20H2,1-2H3,(H,32,37)(H,33,36). The van der Waals surface area contributed by atoms with Gasteiger partial charge in [0.05, 0.1) is 0 Å². The molecule has 1 saturated heterocycles. The van der Waals surface area contributed by atoms with Gasteiger partial charge in [-0.25, -0.2) is 0 Å². The predicted molar refractivity (Wildman–Crippen MR) is 153 cm³/mol. The topological polar surface area (TPSA) is 77.6 Å². The Morgan fingerprint density at radius 2 is 1.81 bits per heavy atom. The summed E-state index contributed by atoms with van der Waals surface area (Å²) in [6.45, 7) is 9.91. The van der Waals surface area contributed by atoms with Gasteiger partial charge in [-0.3, -0.25) is 19.5 Å². The maximum absolute atomic E-state index is 13.3. The van der Waals surface area contributed by atoms with Gasteiger partial charge in [0.15, 0.2) is 0 Å². The Bertz CT molecular complexity index is 1270. The van der Waals surface area contributed by atoms with Gasteiger partial charge >= 0.3 is 0 Å². The number of rotatable bonds is 8. The van der Waals surface area contributed by atoms with E-state index in [-0.39, 0.29) is 11.8 Å². The maximum atomic E-state index is 13.3. The van der Waals surface area contributed by atoms with Crippen LogP contribution in [0.2, 0.25) is 0 Å². The zero-order valence-electron chi connectivity index (χ0n) is 21.2. The first-order valence-electron chi connectivity index (χ1n) is 12.5. The summed E-state index contributed by atoms with van der Waals surface area (Å²) in [5.74, 6) is -0.436. The van der Waals surface area contributed by atoms with Gasteiger partial charge in [-0.05, 0) is 66.6 Å². The van der Waals surface area contributed by atoms with Crippen molar-refractivity contribution in [3.8, 4) is 0 Å². The van der Waals surface area contributed by atoms with Crippen LogP contribution < -0.4 is 10.6 Å². The van der Waals surface area contributed by atoms with Gasteiger partial charge in [0.1, 0.15) is 0 Å². The molecule has 0 aliphatic carbocycles. The van der Waals surface area contributed by atoms with Gasteiger partial charge in [-0.2, -0.15) is 0 Å². The second-order valence-corrected chi connectivity index (χ2v) is 9.92. The third-order valence-corrected chi connectivity index (χ3v) is 7.27. The largest absolute Gasteiger partial charge is 0.322 e. The molecule has 2 amide bonds. The molecule has 4 rings (SSSR count). The molecule has 0 atom stereocenters. The molecule has 0 saturated carbocycles. The minimum absolute atomic E-state index is 0.180. The molecule has 0 bridgehead atoms. The molecule has 8 heteroatoms. The summed E-state index contributed by atoms with van der Waals surface area (Å²) in [7, 11) is 0. The summed E-state index contributed by atoms with van der Waals surface area (Å²) >= 11 is 3.66. The Hall–Kier alpha value is -3.33. The van der Waals surface area contributed by atoms with Crippen molar-refractivity contribution in [3.63, 3.8) is 0 Å². The van der Waals surface area contributed by atoms with Crippen molar-refractivity contribution in [2.24, 2.45) is 0 Å². The number of piperazine rings is 1. The van der Waals surface area contributed by atoms with E-state index in [1.54, 1.807) is 24.5 Å². The zero-order valence-corrected chi connectivity index (χ0v) is 22.8. The van der Waals surface area contributed by atoms with Gasteiger partial charge in [0.2, 0.25) is 5.91 Å². The van der Waals surface area contributed by atoms with Gasteiger partial charge in [0, 0.05) is 72.6 Å². The van der Waals surface area contributed by atoms with Crippen LogP contribution in [0.3, 0.4) is 0 Å². The quantitative estimate of drug-likeness (QED) is 0.370. The number of carbonyl (C=O) groups excluding carboxylic acids is 2. The van der Waals surface area contributed by atoms with E-state index in [4.69, 9.17) is 0 Å². The Balaban J connectivity index is 1.45. The number of nitrogens with one attached hydrogen (secondary N) is 2. The van der Waals surface area contributed by atoms with E-state index in [1.807, 2.05) is 49.4 Å². The molecule has 7 nitrogen and oxygen atoms in total. The number of hydrogen-bond acceptors (Lipinski definition) is 5. The molecule has 2 aromatic carbocycles. The van der Waals surface area contributed by atoms with E-state index in [0.29, 0.717) is 23.5 Å². The second-order valence-electron chi connectivity index (χ2n) is 9.07. The summed E-state index contributed by atoms with van der Waals surface area (Å²) in [4.78, 5) is 34.7. The first kappa shape index (κ1) is 26.7. The Labute approximate surface area is 226 Å². The number of benzene rings is 2. The fourth-order valence-electron chi connectivity index (χ4n) is 4.27. The van der Waals surface area contributed by atoms with Crippen molar-refractivity contribution < 1.29 is 9.59 Å². The highest BCUT2D eigenvalue weighted by molar-refractivity contribution is 9.10. The maximum Gasteiger partial charge on any atom is 0.256 e. The molecule has 0 radical (unpaired) electrons. The fraction of sp³-hybridized carbons (Fsp3) is 0.276. The van der Waals surface area contributed by atoms with Crippen molar-refractivity contribution in [3.05, 3.63) is 93.7 Å². The molecular formula is C29H32BrN5O2. The van der Waals surface area contributed by atoms with Crippen LogP contribution in [0.4, 0.5) is 11.4 Å². The molecule has 0 unspecified atom stereocenters. The molecule has 37 heavy (non-hydrogen) atoms. The monoisotopic (exact) mass is 561 g/mol.